The van der Waals surface area contributed by atoms with E-state index in [0.717, 1.165) is 37.7 Å². The first-order valence-corrected chi connectivity index (χ1v) is 9.11. The molecule has 2 aliphatic heterocycles. The second-order valence-electron chi connectivity index (χ2n) is 7.04. The van der Waals surface area contributed by atoms with E-state index in [2.05, 4.69) is 43.1 Å². The zero-order valence-corrected chi connectivity index (χ0v) is 15.1. The molecule has 0 bridgehead atoms. The minimum atomic E-state index is 0.320. The molecule has 0 spiro atoms. The Bertz CT molecular complexity index is 527. The van der Waals surface area contributed by atoms with Gasteiger partial charge in [0.15, 0.2) is 11.5 Å². The van der Waals surface area contributed by atoms with Crippen LogP contribution >= 0.6 is 0 Å². The van der Waals surface area contributed by atoms with Gasteiger partial charge in [-0.1, -0.05) is 6.07 Å². The second kappa shape index (κ2) is 8.19. The van der Waals surface area contributed by atoms with Crippen LogP contribution in [-0.4, -0.2) is 50.1 Å². The molecule has 1 atom stereocenters. The summed E-state index contributed by atoms with van der Waals surface area (Å²) >= 11 is 0. The first-order valence-electron chi connectivity index (χ1n) is 9.11. The first-order chi connectivity index (χ1) is 11.6. The highest BCUT2D eigenvalue weighted by molar-refractivity contribution is 5.45. The van der Waals surface area contributed by atoms with Crippen molar-refractivity contribution in [3.05, 3.63) is 23.8 Å². The molecule has 134 valence electrons. The van der Waals surface area contributed by atoms with Crippen LogP contribution in [0.3, 0.4) is 0 Å². The summed E-state index contributed by atoms with van der Waals surface area (Å²) in [6, 6.07) is 7.13. The quantitative estimate of drug-likeness (QED) is 0.830. The van der Waals surface area contributed by atoms with E-state index in [9.17, 15) is 0 Å². The number of likely N-dealkylation sites (tertiary alicyclic amines) is 1. The molecular formula is C19H30N2O3. The Morgan fingerprint density at radius 1 is 1.17 bits per heavy atom. The Labute approximate surface area is 145 Å². The average molecular weight is 334 g/mol. The molecule has 0 aliphatic carbocycles. The molecule has 2 heterocycles. The molecule has 1 fully saturated rings. The topological polar surface area (TPSA) is 43.0 Å². The summed E-state index contributed by atoms with van der Waals surface area (Å²) in [5.74, 6) is 1.71. The molecule has 2 aliphatic rings. The van der Waals surface area contributed by atoms with Gasteiger partial charge in [0, 0.05) is 18.6 Å². The largest absolute Gasteiger partial charge is 0.454 e. The first kappa shape index (κ1) is 17.5. The number of benzene rings is 1. The van der Waals surface area contributed by atoms with E-state index in [1.807, 2.05) is 6.07 Å². The number of hydrogen-bond donors (Lipinski definition) is 1. The molecule has 24 heavy (non-hydrogen) atoms. The molecule has 1 aromatic carbocycles. The Hall–Kier alpha value is -1.30. The summed E-state index contributed by atoms with van der Waals surface area (Å²) in [6.45, 7) is 10.9. The van der Waals surface area contributed by atoms with Crippen molar-refractivity contribution in [1.82, 2.24) is 10.2 Å². The number of hydrogen-bond acceptors (Lipinski definition) is 5. The van der Waals surface area contributed by atoms with Crippen LogP contribution in [0.2, 0.25) is 0 Å². The SMILES string of the molecule is CC(C)OCCN1CCC(NC(C)c2ccc3c(c2)OCO3)CC1. The van der Waals surface area contributed by atoms with Crippen LogP contribution in [-0.2, 0) is 4.74 Å². The van der Waals surface area contributed by atoms with E-state index in [0.29, 0.717) is 25.0 Å². The number of rotatable bonds is 7. The molecule has 0 amide bonds. The van der Waals surface area contributed by atoms with Crippen LogP contribution in [0.25, 0.3) is 0 Å². The van der Waals surface area contributed by atoms with E-state index in [-0.39, 0.29) is 0 Å². The zero-order chi connectivity index (χ0) is 16.9. The Kier molecular flexibility index (Phi) is 5.98. The molecule has 1 saturated heterocycles. The molecule has 0 radical (unpaired) electrons. The Balaban J connectivity index is 1.42. The van der Waals surface area contributed by atoms with Crippen molar-refractivity contribution in [2.75, 3.05) is 33.0 Å². The van der Waals surface area contributed by atoms with Gasteiger partial charge in [0.2, 0.25) is 6.79 Å². The van der Waals surface area contributed by atoms with Crippen LogP contribution in [0.5, 0.6) is 11.5 Å². The number of fused-ring (bicyclic) bond motifs is 1. The summed E-state index contributed by atoms with van der Waals surface area (Å²) in [4.78, 5) is 2.51. The average Bonchev–Trinajstić information content (AvgIpc) is 3.03. The van der Waals surface area contributed by atoms with E-state index in [1.54, 1.807) is 0 Å². The van der Waals surface area contributed by atoms with Gasteiger partial charge < -0.3 is 24.4 Å². The third-order valence-electron chi connectivity index (χ3n) is 4.83. The smallest absolute Gasteiger partial charge is 0.231 e. The predicted octanol–water partition coefficient (Wildman–Crippen LogP) is 2.96. The van der Waals surface area contributed by atoms with E-state index in [4.69, 9.17) is 14.2 Å². The fourth-order valence-corrected chi connectivity index (χ4v) is 3.37. The summed E-state index contributed by atoms with van der Waals surface area (Å²) in [5.41, 5.74) is 1.26. The number of nitrogens with zero attached hydrogens (tertiary/aromatic N) is 1. The number of ether oxygens (including phenoxy) is 3. The monoisotopic (exact) mass is 334 g/mol. The summed E-state index contributed by atoms with van der Waals surface area (Å²) in [5, 5.41) is 3.77. The van der Waals surface area contributed by atoms with E-state index in [1.165, 1.54) is 18.4 Å². The molecule has 5 heteroatoms. The number of nitrogens with one attached hydrogen (secondary N) is 1. The number of piperidine rings is 1. The summed E-state index contributed by atoms with van der Waals surface area (Å²) in [7, 11) is 0. The lowest BCUT2D eigenvalue weighted by molar-refractivity contribution is 0.0523. The summed E-state index contributed by atoms with van der Waals surface area (Å²) < 4.78 is 16.5. The molecule has 5 nitrogen and oxygen atoms in total. The minimum Gasteiger partial charge on any atom is -0.454 e. The lowest BCUT2D eigenvalue weighted by Crippen LogP contribution is -2.44. The van der Waals surface area contributed by atoms with Gasteiger partial charge in [0.05, 0.1) is 12.7 Å². The molecule has 1 unspecified atom stereocenters. The third kappa shape index (κ3) is 4.62. The van der Waals surface area contributed by atoms with E-state index < -0.39 is 0 Å². The van der Waals surface area contributed by atoms with Crippen LogP contribution in [0, 0.1) is 0 Å². The standard InChI is InChI=1S/C19H30N2O3/c1-14(2)22-11-10-21-8-6-17(7-9-21)20-15(3)16-4-5-18-19(12-16)24-13-23-18/h4-5,12,14-15,17,20H,6-11,13H2,1-3H3. The fraction of sp³-hybridized carbons (Fsp3) is 0.684. The Morgan fingerprint density at radius 2 is 1.92 bits per heavy atom. The van der Waals surface area contributed by atoms with Crippen molar-refractivity contribution in [3.63, 3.8) is 0 Å². The highest BCUT2D eigenvalue weighted by Gasteiger charge is 2.22. The van der Waals surface area contributed by atoms with Crippen molar-refractivity contribution in [1.29, 1.82) is 0 Å². The van der Waals surface area contributed by atoms with Gasteiger partial charge in [-0.15, -0.1) is 0 Å². The third-order valence-corrected chi connectivity index (χ3v) is 4.83. The molecular weight excluding hydrogens is 304 g/mol. The zero-order valence-electron chi connectivity index (χ0n) is 15.1. The van der Waals surface area contributed by atoms with Gasteiger partial charge in [0.1, 0.15) is 0 Å². The van der Waals surface area contributed by atoms with Gasteiger partial charge >= 0.3 is 0 Å². The van der Waals surface area contributed by atoms with Gasteiger partial charge in [-0.3, -0.25) is 0 Å². The van der Waals surface area contributed by atoms with Crippen molar-refractivity contribution < 1.29 is 14.2 Å². The minimum absolute atomic E-state index is 0.320. The normalized spacial score (nSPS) is 19.8. The highest BCUT2D eigenvalue weighted by Crippen LogP contribution is 2.34. The van der Waals surface area contributed by atoms with Crippen molar-refractivity contribution in [2.45, 2.75) is 51.8 Å². The second-order valence-corrected chi connectivity index (χ2v) is 7.04. The van der Waals surface area contributed by atoms with Crippen LogP contribution in [0.4, 0.5) is 0 Å². The van der Waals surface area contributed by atoms with Crippen LogP contribution < -0.4 is 14.8 Å². The summed E-state index contributed by atoms with van der Waals surface area (Å²) in [6.07, 6.45) is 2.71. The molecule has 0 saturated carbocycles. The van der Waals surface area contributed by atoms with E-state index >= 15 is 0 Å². The lowest BCUT2D eigenvalue weighted by Gasteiger charge is -2.34. The van der Waals surface area contributed by atoms with Gasteiger partial charge in [-0.2, -0.15) is 0 Å². The van der Waals surface area contributed by atoms with Gasteiger partial charge in [-0.25, -0.2) is 0 Å². The predicted molar refractivity (Wildman–Crippen MR) is 94.7 cm³/mol. The molecule has 1 N–H and O–H groups in total. The van der Waals surface area contributed by atoms with Crippen molar-refractivity contribution in [2.24, 2.45) is 0 Å². The van der Waals surface area contributed by atoms with Crippen LogP contribution in [0.15, 0.2) is 18.2 Å². The lowest BCUT2D eigenvalue weighted by atomic mass is 10.0. The maximum absolute atomic E-state index is 5.65. The fourth-order valence-electron chi connectivity index (χ4n) is 3.37. The van der Waals surface area contributed by atoms with Crippen molar-refractivity contribution >= 4 is 0 Å². The maximum atomic E-state index is 5.65. The molecule has 3 rings (SSSR count). The molecule has 1 aromatic rings. The van der Waals surface area contributed by atoms with Crippen molar-refractivity contribution in [3.8, 4) is 11.5 Å². The highest BCUT2D eigenvalue weighted by atomic mass is 16.7. The Morgan fingerprint density at radius 3 is 2.67 bits per heavy atom. The van der Waals surface area contributed by atoms with Gasteiger partial charge in [0.25, 0.3) is 0 Å². The molecule has 0 aromatic heterocycles. The van der Waals surface area contributed by atoms with Gasteiger partial charge in [-0.05, 0) is 64.4 Å². The maximum Gasteiger partial charge on any atom is 0.231 e. The van der Waals surface area contributed by atoms with Crippen LogP contribution in [0.1, 0.15) is 45.2 Å².